The molecule has 4 nitrogen and oxygen atoms in total. The van der Waals surface area contributed by atoms with Crippen molar-refractivity contribution in [3.63, 3.8) is 0 Å². The molecule has 0 spiro atoms. The second-order valence-corrected chi connectivity index (χ2v) is 3.65. The molecular formula is C14H10N2O2. The summed E-state index contributed by atoms with van der Waals surface area (Å²) in [6, 6.07) is 10.8. The second-order valence-electron chi connectivity index (χ2n) is 3.65. The van der Waals surface area contributed by atoms with Crippen LogP contribution in [0.3, 0.4) is 0 Å². The lowest BCUT2D eigenvalue weighted by Crippen LogP contribution is -2.00. The van der Waals surface area contributed by atoms with E-state index in [1.54, 1.807) is 30.5 Å². The molecule has 0 saturated heterocycles. The Labute approximate surface area is 104 Å². The van der Waals surface area contributed by atoms with E-state index in [0.717, 1.165) is 11.1 Å². The largest absolute Gasteiger partial charge is 0.465 e. The van der Waals surface area contributed by atoms with Crippen LogP contribution < -0.4 is 0 Å². The Hall–Kier alpha value is -2.67. The molecule has 0 aliphatic heterocycles. The van der Waals surface area contributed by atoms with Crippen molar-refractivity contribution in [1.29, 1.82) is 5.26 Å². The van der Waals surface area contributed by atoms with E-state index in [9.17, 15) is 4.79 Å². The van der Waals surface area contributed by atoms with Crippen LogP contribution in [0.4, 0.5) is 0 Å². The lowest BCUT2D eigenvalue weighted by atomic mass is 10.0. The van der Waals surface area contributed by atoms with Crippen LogP contribution in [0.15, 0.2) is 42.7 Å². The normalized spacial score (nSPS) is 9.56. The van der Waals surface area contributed by atoms with E-state index >= 15 is 0 Å². The molecular weight excluding hydrogens is 228 g/mol. The van der Waals surface area contributed by atoms with Crippen LogP contribution in [0, 0.1) is 11.3 Å². The topological polar surface area (TPSA) is 63.0 Å². The summed E-state index contributed by atoms with van der Waals surface area (Å²) in [6.45, 7) is 0. The van der Waals surface area contributed by atoms with Gasteiger partial charge in [-0.2, -0.15) is 5.26 Å². The van der Waals surface area contributed by atoms with Crippen LogP contribution in [-0.2, 0) is 4.74 Å². The third-order valence-electron chi connectivity index (χ3n) is 2.48. The number of aromatic nitrogens is 1. The van der Waals surface area contributed by atoms with Crippen molar-refractivity contribution in [3.8, 4) is 17.2 Å². The van der Waals surface area contributed by atoms with Gasteiger partial charge in [-0.1, -0.05) is 12.1 Å². The van der Waals surface area contributed by atoms with Crippen LogP contribution in [0.25, 0.3) is 11.1 Å². The summed E-state index contributed by atoms with van der Waals surface area (Å²) >= 11 is 0. The highest BCUT2D eigenvalue weighted by Crippen LogP contribution is 2.20. The molecule has 2 rings (SSSR count). The van der Waals surface area contributed by atoms with Gasteiger partial charge >= 0.3 is 5.97 Å². The predicted octanol–water partition coefficient (Wildman–Crippen LogP) is 2.41. The monoisotopic (exact) mass is 238 g/mol. The Morgan fingerprint density at radius 2 is 2.11 bits per heavy atom. The highest BCUT2D eigenvalue weighted by Gasteiger charge is 2.07. The van der Waals surface area contributed by atoms with Gasteiger partial charge in [-0.15, -0.1) is 0 Å². The van der Waals surface area contributed by atoms with Gasteiger partial charge in [0.1, 0.15) is 6.07 Å². The van der Waals surface area contributed by atoms with E-state index in [4.69, 9.17) is 5.26 Å². The molecule has 0 aliphatic rings. The minimum atomic E-state index is -0.388. The van der Waals surface area contributed by atoms with Crippen molar-refractivity contribution >= 4 is 5.97 Å². The quantitative estimate of drug-likeness (QED) is 0.753. The van der Waals surface area contributed by atoms with Gasteiger partial charge in [0.15, 0.2) is 0 Å². The number of carbonyl (C=O) groups excluding carboxylic acids is 1. The maximum atomic E-state index is 11.4. The molecule has 0 radical (unpaired) electrons. The fourth-order valence-corrected chi connectivity index (χ4v) is 1.60. The van der Waals surface area contributed by atoms with Crippen molar-refractivity contribution in [2.45, 2.75) is 0 Å². The first-order valence-electron chi connectivity index (χ1n) is 5.28. The minimum absolute atomic E-state index is 0.388. The zero-order valence-corrected chi connectivity index (χ0v) is 9.75. The maximum absolute atomic E-state index is 11.4. The van der Waals surface area contributed by atoms with Crippen molar-refractivity contribution in [1.82, 2.24) is 4.98 Å². The molecule has 0 saturated carbocycles. The summed E-state index contributed by atoms with van der Waals surface area (Å²) in [5, 5.41) is 8.83. The Bertz CT molecular complexity index is 630. The fourth-order valence-electron chi connectivity index (χ4n) is 1.60. The van der Waals surface area contributed by atoms with Crippen molar-refractivity contribution in [3.05, 3.63) is 53.9 Å². The van der Waals surface area contributed by atoms with E-state index < -0.39 is 0 Å². The first kappa shape index (κ1) is 11.8. The molecule has 1 aromatic heterocycles. The summed E-state index contributed by atoms with van der Waals surface area (Å²) < 4.78 is 4.67. The molecule has 1 aromatic carbocycles. The average Bonchev–Trinajstić information content (AvgIpc) is 2.46. The molecule has 0 atom stereocenters. The highest BCUT2D eigenvalue weighted by molar-refractivity contribution is 5.90. The van der Waals surface area contributed by atoms with Crippen LogP contribution in [-0.4, -0.2) is 18.1 Å². The number of esters is 1. The van der Waals surface area contributed by atoms with Crippen LogP contribution in [0.2, 0.25) is 0 Å². The number of carbonyl (C=O) groups is 1. The Balaban J connectivity index is 2.45. The molecule has 0 fully saturated rings. The number of nitrogens with zero attached hydrogens (tertiary/aromatic N) is 2. The first-order valence-corrected chi connectivity index (χ1v) is 5.28. The van der Waals surface area contributed by atoms with Crippen LogP contribution in [0.5, 0.6) is 0 Å². The zero-order valence-electron chi connectivity index (χ0n) is 9.75. The van der Waals surface area contributed by atoms with Crippen LogP contribution in [0.1, 0.15) is 15.9 Å². The fraction of sp³-hybridized carbons (Fsp3) is 0.0714. The molecule has 2 aromatic rings. The molecule has 4 heteroatoms. The van der Waals surface area contributed by atoms with Crippen molar-refractivity contribution in [2.75, 3.05) is 7.11 Å². The van der Waals surface area contributed by atoms with Gasteiger partial charge in [0, 0.05) is 18.0 Å². The smallest absolute Gasteiger partial charge is 0.337 e. The number of hydrogen-bond acceptors (Lipinski definition) is 4. The molecule has 18 heavy (non-hydrogen) atoms. The Kier molecular flexibility index (Phi) is 3.35. The third-order valence-corrected chi connectivity index (χ3v) is 2.48. The number of nitriles is 1. The standard InChI is InChI=1S/C14H10N2O2/c1-18-14(17)12-4-2-3-11(6-12)13-5-10(7-15)8-16-9-13/h2-6,8-9H,1H3. The third kappa shape index (κ3) is 2.36. The zero-order chi connectivity index (χ0) is 13.0. The second kappa shape index (κ2) is 5.11. The van der Waals surface area contributed by atoms with Crippen molar-refractivity contribution < 1.29 is 9.53 Å². The Morgan fingerprint density at radius 1 is 1.28 bits per heavy atom. The summed E-state index contributed by atoms with van der Waals surface area (Å²) in [6.07, 6.45) is 3.14. The molecule has 1 heterocycles. The van der Waals surface area contributed by atoms with Gasteiger partial charge in [0.05, 0.1) is 18.2 Å². The minimum Gasteiger partial charge on any atom is -0.465 e. The maximum Gasteiger partial charge on any atom is 0.337 e. The highest BCUT2D eigenvalue weighted by atomic mass is 16.5. The van der Waals surface area contributed by atoms with Gasteiger partial charge < -0.3 is 4.74 Å². The number of methoxy groups -OCH3 is 1. The SMILES string of the molecule is COC(=O)c1cccc(-c2cncc(C#N)c2)c1. The van der Waals surface area contributed by atoms with Gasteiger partial charge in [0.2, 0.25) is 0 Å². The number of rotatable bonds is 2. The molecule has 0 bridgehead atoms. The number of pyridine rings is 1. The molecule has 88 valence electrons. The molecule has 0 N–H and O–H groups in total. The molecule has 0 unspecified atom stereocenters. The Morgan fingerprint density at radius 3 is 2.83 bits per heavy atom. The van der Waals surface area contributed by atoms with E-state index in [0.29, 0.717) is 11.1 Å². The van der Waals surface area contributed by atoms with Gasteiger partial charge in [0.25, 0.3) is 0 Å². The van der Waals surface area contributed by atoms with E-state index in [1.165, 1.54) is 13.3 Å². The first-order chi connectivity index (χ1) is 8.74. The lowest BCUT2D eigenvalue weighted by molar-refractivity contribution is 0.0601. The van der Waals surface area contributed by atoms with Crippen LogP contribution >= 0.6 is 0 Å². The summed E-state index contributed by atoms with van der Waals surface area (Å²) in [7, 11) is 1.34. The van der Waals surface area contributed by atoms with Gasteiger partial charge in [-0.25, -0.2) is 4.79 Å². The average molecular weight is 238 g/mol. The predicted molar refractivity (Wildman–Crippen MR) is 65.7 cm³/mol. The number of benzene rings is 1. The number of ether oxygens (including phenoxy) is 1. The van der Waals surface area contributed by atoms with Gasteiger partial charge in [-0.05, 0) is 23.8 Å². The van der Waals surface area contributed by atoms with E-state index in [-0.39, 0.29) is 5.97 Å². The number of hydrogen-bond donors (Lipinski definition) is 0. The van der Waals surface area contributed by atoms with Crippen molar-refractivity contribution in [2.24, 2.45) is 0 Å². The van der Waals surface area contributed by atoms with Gasteiger partial charge in [-0.3, -0.25) is 4.98 Å². The van der Waals surface area contributed by atoms with E-state index in [2.05, 4.69) is 9.72 Å². The van der Waals surface area contributed by atoms with E-state index in [1.807, 2.05) is 12.1 Å². The molecule has 0 amide bonds. The summed E-state index contributed by atoms with van der Waals surface area (Å²) in [5.41, 5.74) is 2.57. The summed E-state index contributed by atoms with van der Waals surface area (Å²) in [4.78, 5) is 15.4. The summed E-state index contributed by atoms with van der Waals surface area (Å²) in [5.74, 6) is -0.388. The molecule has 0 aliphatic carbocycles. The lowest BCUT2D eigenvalue weighted by Gasteiger charge is -2.04.